The summed E-state index contributed by atoms with van der Waals surface area (Å²) in [6, 6.07) is 5.29. The van der Waals surface area contributed by atoms with E-state index < -0.39 is 0 Å². The van der Waals surface area contributed by atoms with Crippen molar-refractivity contribution in [2.45, 2.75) is 13.5 Å². The van der Waals surface area contributed by atoms with Gasteiger partial charge < -0.3 is 0 Å². The Morgan fingerprint density at radius 1 is 1.57 bits per heavy atom. The molecule has 0 amide bonds. The standard InChI is InChI=1S/C10H9ClN2O/c1-2-13-10(11)8-5-7(6-14)3-4-9(8)12-13/h3-6H,2H2,1H3. The van der Waals surface area contributed by atoms with E-state index in [0.29, 0.717) is 10.7 Å². The number of nitrogens with zero attached hydrogens (tertiary/aromatic N) is 2. The number of rotatable bonds is 2. The number of hydrogen-bond acceptors (Lipinski definition) is 2. The summed E-state index contributed by atoms with van der Waals surface area (Å²) in [5, 5.41) is 5.70. The second-order valence-electron chi connectivity index (χ2n) is 3.00. The van der Waals surface area contributed by atoms with Gasteiger partial charge in [0.15, 0.2) is 0 Å². The summed E-state index contributed by atoms with van der Waals surface area (Å²) >= 11 is 6.07. The third kappa shape index (κ3) is 1.30. The highest BCUT2D eigenvalue weighted by Gasteiger charge is 2.07. The number of hydrogen-bond donors (Lipinski definition) is 0. The van der Waals surface area contributed by atoms with Crippen molar-refractivity contribution in [3.05, 3.63) is 28.9 Å². The largest absolute Gasteiger partial charge is 0.298 e. The van der Waals surface area contributed by atoms with Crippen molar-refractivity contribution >= 4 is 28.8 Å². The van der Waals surface area contributed by atoms with Gasteiger partial charge >= 0.3 is 0 Å². The zero-order chi connectivity index (χ0) is 10.1. The van der Waals surface area contributed by atoms with E-state index >= 15 is 0 Å². The van der Waals surface area contributed by atoms with Gasteiger partial charge in [0.2, 0.25) is 0 Å². The summed E-state index contributed by atoms with van der Waals surface area (Å²) in [7, 11) is 0. The van der Waals surface area contributed by atoms with Gasteiger partial charge in [0, 0.05) is 17.5 Å². The van der Waals surface area contributed by atoms with Crippen LogP contribution in [0, 0.1) is 0 Å². The molecule has 0 aliphatic rings. The number of aryl methyl sites for hydroxylation is 1. The van der Waals surface area contributed by atoms with Gasteiger partial charge in [-0.05, 0) is 25.1 Å². The predicted molar refractivity (Wildman–Crippen MR) is 55.8 cm³/mol. The van der Waals surface area contributed by atoms with Crippen LogP contribution in [0.3, 0.4) is 0 Å². The summed E-state index contributed by atoms with van der Waals surface area (Å²) < 4.78 is 1.71. The highest BCUT2D eigenvalue weighted by Crippen LogP contribution is 2.23. The molecule has 0 spiro atoms. The quantitative estimate of drug-likeness (QED) is 0.711. The fourth-order valence-corrected chi connectivity index (χ4v) is 1.71. The molecule has 0 N–H and O–H groups in total. The Kier molecular flexibility index (Phi) is 2.25. The van der Waals surface area contributed by atoms with E-state index in [-0.39, 0.29) is 0 Å². The van der Waals surface area contributed by atoms with E-state index in [1.165, 1.54) is 0 Å². The first-order valence-electron chi connectivity index (χ1n) is 4.37. The lowest BCUT2D eigenvalue weighted by Gasteiger charge is -1.94. The van der Waals surface area contributed by atoms with Crippen molar-refractivity contribution < 1.29 is 4.79 Å². The molecule has 1 aromatic heterocycles. The van der Waals surface area contributed by atoms with Crippen molar-refractivity contribution in [1.82, 2.24) is 9.78 Å². The Balaban J connectivity index is 2.73. The fourth-order valence-electron chi connectivity index (χ4n) is 1.40. The van der Waals surface area contributed by atoms with Crippen LogP contribution in [0.5, 0.6) is 0 Å². The summed E-state index contributed by atoms with van der Waals surface area (Å²) in [5.41, 5.74) is 1.44. The molecule has 2 rings (SSSR count). The van der Waals surface area contributed by atoms with E-state index in [9.17, 15) is 4.79 Å². The molecule has 14 heavy (non-hydrogen) atoms. The third-order valence-corrected chi connectivity index (χ3v) is 2.53. The SMILES string of the molecule is CCn1nc2ccc(C=O)cc2c1Cl. The minimum atomic E-state index is 0.589. The average Bonchev–Trinajstić information content (AvgIpc) is 2.55. The van der Waals surface area contributed by atoms with Gasteiger partial charge in [-0.2, -0.15) is 5.10 Å². The molecule has 0 fully saturated rings. The maximum Gasteiger partial charge on any atom is 0.150 e. The lowest BCUT2D eigenvalue weighted by molar-refractivity contribution is 0.112. The molecule has 0 unspecified atom stereocenters. The molecular weight excluding hydrogens is 200 g/mol. The van der Waals surface area contributed by atoms with Gasteiger partial charge in [0.25, 0.3) is 0 Å². The van der Waals surface area contributed by atoms with E-state index in [1.807, 2.05) is 6.92 Å². The number of carbonyl (C=O) groups excluding carboxylic acids is 1. The Bertz CT molecular complexity index is 490. The topological polar surface area (TPSA) is 34.9 Å². The van der Waals surface area contributed by atoms with Gasteiger partial charge in [-0.25, -0.2) is 0 Å². The van der Waals surface area contributed by atoms with Gasteiger partial charge in [0.05, 0.1) is 5.52 Å². The number of fused-ring (bicyclic) bond motifs is 1. The normalized spacial score (nSPS) is 10.7. The van der Waals surface area contributed by atoms with Crippen LogP contribution in [0.1, 0.15) is 17.3 Å². The van der Waals surface area contributed by atoms with E-state index in [2.05, 4.69) is 5.10 Å². The number of aldehydes is 1. The Morgan fingerprint density at radius 2 is 2.36 bits per heavy atom. The van der Waals surface area contributed by atoms with Crippen LogP contribution in [0.25, 0.3) is 10.9 Å². The summed E-state index contributed by atoms with van der Waals surface area (Å²) in [6.45, 7) is 2.70. The second-order valence-corrected chi connectivity index (χ2v) is 3.36. The minimum Gasteiger partial charge on any atom is -0.298 e. The Morgan fingerprint density at radius 3 is 3.00 bits per heavy atom. The Hall–Kier alpha value is -1.35. The fraction of sp³-hybridized carbons (Fsp3) is 0.200. The van der Waals surface area contributed by atoms with Crippen molar-refractivity contribution in [3.8, 4) is 0 Å². The number of carbonyl (C=O) groups is 1. The van der Waals surface area contributed by atoms with E-state index in [4.69, 9.17) is 11.6 Å². The molecule has 0 saturated carbocycles. The van der Waals surface area contributed by atoms with Crippen LogP contribution < -0.4 is 0 Å². The van der Waals surface area contributed by atoms with E-state index in [1.54, 1.807) is 22.9 Å². The average molecular weight is 209 g/mol. The third-order valence-electron chi connectivity index (χ3n) is 2.13. The molecule has 72 valence electrons. The first-order valence-corrected chi connectivity index (χ1v) is 4.75. The molecule has 0 aliphatic carbocycles. The van der Waals surface area contributed by atoms with Crippen LogP contribution in [0.4, 0.5) is 0 Å². The number of benzene rings is 1. The molecule has 0 radical (unpaired) electrons. The first-order chi connectivity index (χ1) is 6.76. The zero-order valence-electron chi connectivity index (χ0n) is 7.70. The Labute approximate surface area is 86.3 Å². The molecule has 2 aromatic rings. The molecule has 3 nitrogen and oxygen atoms in total. The highest BCUT2D eigenvalue weighted by molar-refractivity contribution is 6.34. The monoisotopic (exact) mass is 208 g/mol. The predicted octanol–water partition coefficient (Wildman–Crippen LogP) is 2.52. The zero-order valence-corrected chi connectivity index (χ0v) is 8.45. The molecule has 0 bridgehead atoms. The minimum absolute atomic E-state index is 0.589. The van der Waals surface area contributed by atoms with Crippen LogP contribution in [0.15, 0.2) is 18.2 Å². The maximum atomic E-state index is 10.6. The maximum absolute atomic E-state index is 10.6. The van der Waals surface area contributed by atoms with Gasteiger partial charge in [-0.1, -0.05) is 11.6 Å². The van der Waals surface area contributed by atoms with Gasteiger partial charge in [0.1, 0.15) is 11.4 Å². The van der Waals surface area contributed by atoms with E-state index in [0.717, 1.165) is 23.7 Å². The molecule has 0 aliphatic heterocycles. The van der Waals surface area contributed by atoms with Crippen LogP contribution in [0.2, 0.25) is 5.15 Å². The van der Waals surface area contributed by atoms with Gasteiger partial charge in [-0.3, -0.25) is 9.48 Å². The molecule has 0 atom stereocenters. The van der Waals surface area contributed by atoms with Crippen molar-refractivity contribution in [3.63, 3.8) is 0 Å². The molecule has 0 saturated heterocycles. The lowest BCUT2D eigenvalue weighted by atomic mass is 10.2. The van der Waals surface area contributed by atoms with Gasteiger partial charge in [-0.15, -0.1) is 0 Å². The van der Waals surface area contributed by atoms with Crippen molar-refractivity contribution in [2.24, 2.45) is 0 Å². The summed E-state index contributed by atoms with van der Waals surface area (Å²) in [4.78, 5) is 10.6. The molecule has 1 aromatic carbocycles. The number of halogens is 1. The van der Waals surface area contributed by atoms with Crippen LogP contribution in [-0.2, 0) is 6.54 Å². The molecular formula is C10H9ClN2O. The lowest BCUT2D eigenvalue weighted by Crippen LogP contribution is -1.94. The molecule has 4 heteroatoms. The summed E-state index contributed by atoms with van der Waals surface area (Å²) in [5.74, 6) is 0. The molecule has 1 heterocycles. The highest BCUT2D eigenvalue weighted by atomic mass is 35.5. The van der Waals surface area contributed by atoms with Crippen molar-refractivity contribution in [1.29, 1.82) is 0 Å². The van der Waals surface area contributed by atoms with Crippen molar-refractivity contribution in [2.75, 3.05) is 0 Å². The van der Waals surface area contributed by atoms with Crippen LogP contribution >= 0.6 is 11.6 Å². The summed E-state index contributed by atoms with van der Waals surface area (Å²) in [6.07, 6.45) is 0.805. The second kappa shape index (κ2) is 3.42. The first kappa shape index (κ1) is 9.21. The smallest absolute Gasteiger partial charge is 0.150 e. The number of aromatic nitrogens is 2. The van der Waals surface area contributed by atoms with Crippen LogP contribution in [-0.4, -0.2) is 16.1 Å².